The molecule has 0 unspecified atom stereocenters. The quantitative estimate of drug-likeness (QED) is 0.723. The summed E-state index contributed by atoms with van der Waals surface area (Å²) in [4.78, 5) is 0. The molecule has 17 heavy (non-hydrogen) atoms. The Morgan fingerprint density at radius 1 is 1.06 bits per heavy atom. The largest absolute Gasteiger partial charge is 0.205 e. The first-order valence-corrected chi connectivity index (χ1v) is 5.92. The molecule has 0 atom stereocenters. The summed E-state index contributed by atoms with van der Waals surface area (Å²) in [6, 6.07) is 12.9. The number of hydrogen-bond donors (Lipinski definition) is 0. The van der Waals surface area contributed by atoms with Crippen LogP contribution in [0, 0.1) is 12.7 Å². The molecule has 0 aliphatic rings. The van der Waals surface area contributed by atoms with E-state index in [1.807, 2.05) is 18.2 Å². The Bertz CT molecular complexity index is 520. The zero-order valence-electron chi connectivity index (χ0n) is 9.42. The third kappa shape index (κ3) is 2.86. The molecule has 0 aromatic heterocycles. The molecule has 2 heteroatoms. The van der Waals surface area contributed by atoms with Gasteiger partial charge in [-0.3, -0.25) is 0 Å². The lowest BCUT2D eigenvalue weighted by Gasteiger charge is -2.05. The smallest absolute Gasteiger partial charge is 0.142 e. The van der Waals surface area contributed by atoms with Crippen LogP contribution >= 0.6 is 11.6 Å². The fourth-order valence-electron chi connectivity index (χ4n) is 1.79. The Hall–Kier alpha value is -1.34. The van der Waals surface area contributed by atoms with Gasteiger partial charge in [0.2, 0.25) is 0 Å². The van der Waals surface area contributed by atoms with E-state index in [9.17, 15) is 4.39 Å². The maximum Gasteiger partial charge on any atom is 0.142 e. The van der Waals surface area contributed by atoms with Gasteiger partial charge in [-0.25, -0.2) is 4.39 Å². The van der Waals surface area contributed by atoms with Gasteiger partial charge in [-0.2, -0.15) is 0 Å². The van der Waals surface area contributed by atoms with Crippen molar-refractivity contribution in [2.75, 3.05) is 0 Å². The van der Waals surface area contributed by atoms with Crippen molar-refractivity contribution in [1.29, 1.82) is 0 Å². The lowest BCUT2D eigenvalue weighted by Crippen LogP contribution is -1.86. The summed E-state index contributed by atoms with van der Waals surface area (Å²) in [5.74, 6) is -0.383. The van der Waals surface area contributed by atoms with Crippen molar-refractivity contribution in [1.82, 2.24) is 0 Å². The molecule has 0 amide bonds. The number of aryl methyl sites for hydroxylation is 1. The van der Waals surface area contributed by atoms with Crippen molar-refractivity contribution >= 4 is 11.6 Å². The van der Waals surface area contributed by atoms with E-state index >= 15 is 0 Å². The van der Waals surface area contributed by atoms with Gasteiger partial charge in [-0.05, 0) is 41.7 Å². The fraction of sp³-hybridized carbons (Fsp3) is 0.133. The van der Waals surface area contributed by atoms with Crippen molar-refractivity contribution in [3.05, 3.63) is 65.8 Å². The first-order chi connectivity index (χ1) is 8.20. The second-order valence-corrected chi connectivity index (χ2v) is 4.34. The van der Waals surface area contributed by atoms with Crippen LogP contribution in [0.2, 0.25) is 5.02 Å². The van der Waals surface area contributed by atoms with Crippen molar-refractivity contribution in [2.24, 2.45) is 0 Å². The van der Waals surface area contributed by atoms with Gasteiger partial charge in [-0.1, -0.05) is 48.9 Å². The van der Waals surface area contributed by atoms with Gasteiger partial charge in [0.15, 0.2) is 0 Å². The molecule has 2 aromatic rings. The summed E-state index contributed by atoms with van der Waals surface area (Å²) in [5.41, 5.74) is 3.07. The molecule has 0 fully saturated rings. The zero-order valence-corrected chi connectivity index (χ0v) is 10.2. The first-order valence-electron chi connectivity index (χ1n) is 5.54. The molecule has 0 spiro atoms. The SMILES string of the molecule is [CH2]CCc1cccc(-c2ccc(Cl)c(F)c2)c1. The van der Waals surface area contributed by atoms with Gasteiger partial charge < -0.3 is 0 Å². The standard InChI is InChI=1S/C15H13ClF/c1-2-4-11-5-3-6-12(9-11)13-7-8-14(16)15(17)10-13/h3,5-10H,1-2,4H2. The van der Waals surface area contributed by atoms with Gasteiger partial charge in [-0.15, -0.1) is 0 Å². The molecule has 0 heterocycles. The second-order valence-electron chi connectivity index (χ2n) is 3.93. The average Bonchev–Trinajstić information content (AvgIpc) is 2.33. The van der Waals surface area contributed by atoms with E-state index in [0.29, 0.717) is 0 Å². The van der Waals surface area contributed by atoms with Crippen LogP contribution in [0.3, 0.4) is 0 Å². The molecule has 0 N–H and O–H groups in total. The maximum absolute atomic E-state index is 13.4. The molecule has 2 aromatic carbocycles. The van der Waals surface area contributed by atoms with Crippen LogP contribution in [0.15, 0.2) is 42.5 Å². The van der Waals surface area contributed by atoms with Crippen LogP contribution < -0.4 is 0 Å². The molecule has 0 aliphatic carbocycles. The van der Waals surface area contributed by atoms with E-state index in [2.05, 4.69) is 19.1 Å². The van der Waals surface area contributed by atoms with E-state index in [1.54, 1.807) is 6.07 Å². The summed E-state index contributed by atoms with van der Waals surface area (Å²) in [6.07, 6.45) is 1.79. The van der Waals surface area contributed by atoms with Gasteiger partial charge in [0.05, 0.1) is 5.02 Å². The normalized spacial score (nSPS) is 10.5. The molecular weight excluding hydrogens is 235 g/mol. The molecule has 0 aliphatic heterocycles. The Balaban J connectivity index is 2.38. The van der Waals surface area contributed by atoms with Gasteiger partial charge >= 0.3 is 0 Å². The van der Waals surface area contributed by atoms with Crippen molar-refractivity contribution in [2.45, 2.75) is 12.8 Å². The predicted octanol–water partition coefficient (Wildman–Crippen LogP) is 4.91. The first kappa shape index (κ1) is 12.1. The number of halogens is 2. The van der Waals surface area contributed by atoms with Gasteiger partial charge in [0, 0.05) is 0 Å². The van der Waals surface area contributed by atoms with Crippen LogP contribution in [-0.4, -0.2) is 0 Å². The van der Waals surface area contributed by atoms with Crippen molar-refractivity contribution in [3.63, 3.8) is 0 Å². The third-order valence-corrected chi connectivity index (χ3v) is 2.95. The monoisotopic (exact) mass is 247 g/mol. The Morgan fingerprint density at radius 3 is 2.53 bits per heavy atom. The van der Waals surface area contributed by atoms with Crippen LogP contribution in [-0.2, 0) is 6.42 Å². The summed E-state index contributed by atoms with van der Waals surface area (Å²) in [7, 11) is 0. The van der Waals surface area contributed by atoms with E-state index in [4.69, 9.17) is 11.6 Å². The number of rotatable bonds is 3. The lowest BCUT2D eigenvalue weighted by molar-refractivity contribution is 0.629. The second kappa shape index (κ2) is 5.33. The van der Waals surface area contributed by atoms with Crippen LogP contribution in [0.25, 0.3) is 11.1 Å². The van der Waals surface area contributed by atoms with Gasteiger partial charge in [0.1, 0.15) is 5.82 Å². The van der Waals surface area contributed by atoms with Crippen LogP contribution in [0.1, 0.15) is 12.0 Å². The maximum atomic E-state index is 13.4. The van der Waals surface area contributed by atoms with E-state index in [0.717, 1.165) is 24.0 Å². The van der Waals surface area contributed by atoms with Crippen LogP contribution in [0.5, 0.6) is 0 Å². The van der Waals surface area contributed by atoms with E-state index in [1.165, 1.54) is 11.6 Å². The highest BCUT2D eigenvalue weighted by Crippen LogP contribution is 2.25. The molecule has 0 saturated heterocycles. The highest BCUT2D eigenvalue weighted by molar-refractivity contribution is 6.30. The van der Waals surface area contributed by atoms with Crippen LogP contribution in [0.4, 0.5) is 4.39 Å². The zero-order chi connectivity index (χ0) is 12.3. The Labute approximate surface area is 106 Å². The molecule has 0 saturated carbocycles. The highest BCUT2D eigenvalue weighted by atomic mass is 35.5. The summed E-state index contributed by atoms with van der Waals surface area (Å²) in [5, 5.41) is 0.155. The van der Waals surface area contributed by atoms with E-state index < -0.39 is 0 Å². The topological polar surface area (TPSA) is 0 Å². The molecule has 87 valence electrons. The van der Waals surface area contributed by atoms with Crippen molar-refractivity contribution in [3.8, 4) is 11.1 Å². The minimum Gasteiger partial charge on any atom is -0.205 e. The predicted molar refractivity (Wildman–Crippen MR) is 70.5 cm³/mol. The number of benzene rings is 2. The average molecular weight is 248 g/mol. The minimum atomic E-state index is -0.383. The van der Waals surface area contributed by atoms with E-state index in [-0.39, 0.29) is 10.8 Å². The Morgan fingerprint density at radius 2 is 1.82 bits per heavy atom. The summed E-state index contributed by atoms with van der Waals surface area (Å²) in [6.45, 7) is 3.83. The van der Waals surface area contributed by atoms with Gasteiger partial charge in [0.25, 0.3) is 0 Å². The summed E-state index contributed by atoms with van der Waals surface area (Å²) >= 11 is 5.67. The molecule has 0 nitrogen and oxygen atoms in total. The fourth-order valence-corrected chi connectivity index (χ4v) is 1.90. The van der Waals surface area contributed by atoms with Crippen molar-refractivity contribution < 1.29 is 4.39 Å². The molecule has 1 radical (unpaired) electrons. The molecular formula is C15H13ClF. The lowest BCUT2D eigenvalue weighted by atomic mass is 10.0. The Kier molecular flexibility index (Phi) is 3.80. The number of hydrogen-bond acceptors (Lipinski definition) is 0. The molecule has 2 rings (SSSR count). The minimum absolute atomic E-state index is 0.155. The summed E-state index contributed by atoms with van der Waals surface area (Å²) < 4.78 is 13.4. The third-order valence-electron chi connectivity index (χ3n) is 2.65. The highest BCUT2D eigenvalue weighted by Gasteiger charge is 2.03. The molecule has 0 bridgehead atoms.